The summed E-state index contributed by atoms with van der Waals surface area (Å²) in [7, 11) is 0. The summed E-state index contributed by atoms with van der Waals surface area (Å²) in [5.74, 6) is -3.65. The Kier molecular flexibility index (Phi) is 52.0. The van der Waals surface area contributed by atoms with E-state index in [1.165, 1.54) is 0 Å². The molecule has 0 saturated carbocycles. The van der Waals surface area contributed by atoms with Gasteiger partial charge in [-0.1, -0.05) is 0 Å². The monoisotopic (exact) mass is 236 g/mol. The van der Waals surface area contributed by atoms with E-state index in [2.05, 4.69) is 0 Å². The van der Waals surface area contributed by atoms with Crippen molar-refractivity contribution in [3.63, 3.8) is 0 Å². The van der Waals surface area contributed by atoms with Crippen molar-refractivity contribution in [1.29, 1.82) is 0 Å². The number of carbonyl (C=O) groups is 2. The van der Waals surface area contributed by atoms with E-state index in [1.54, 1.807) is 0 Å². The predicted molar refractivity (Wildman–Crippen MR) is 22.5 cm³/mol. The molecule has 2 radical (unpaired) electrons. The van der Waals surface area contributed by atoms with Crippen molar-refractivity contribution >= 4 is 11.9 Å². The zero-order chi connectivity index (χ0) is 5.15. The second kappa shape index (κ2) is 16.0. The van der Waals surface area contributed by atoms with Crippen LogP contribution < -0.4 is 0 Å². The van der Waals surface area contributed by atoms with Gasteiger partial charge in [-0.05, 0) is 0 Å². The zero-order valence-corrected chi connectivity index (χ0v) is 6.93. The van der Waals surface area contributed by atoms with Gasteiger partial charge in [0.1, 0.15) is 0 Å². The van der Waals surface area contributed by atoms with Crippen molar-refractivity contribution < 1.29 is 66.1 Å². The molecule has 0 aliphatic carbocycles. The maximum absolute atomic E-state index is 9.10. The number of aliphatic carboxylic acids is 2. The quantitative estimate of drug-likeness (QED) is 0.449. The molecule has 0 saturated heterocycles. The fourth-order valence-corrected chi connectivity index (χ4v) is 0. The van der Waals surface area contributed by atoms with Crippen LogP contribution in [0.15, 0.2) is 0 Å². The third kappa shape index (κ3) is 24.6. The Hall–Kier alpha value is -0.0491. The summed E-state index contributed by atoms with van der Waals surface area (Å²) >= 11 is 0. The van der Waals surface area contributed by atoms with Gasteiger partial charge in [0, 0.05) is 35.3 Å². The van der Waals surface area contributed by atoms with Crippen LogP contribution in [0, 0.1) is 0 Å². The van der Waals surface area contributed by atoms with Gasteiger partial charge in [-0.3, -0.25) is 0 Å². The van der Waals surface area contributed by atoms with Crippen LogP contribution >= 0.6 is 0 Å². The Morgan fingerprint density at radius 3 is 1.00 bits per heavy atom. The van der Waals surface area contributed by atoms with E-state index in [0.717, 1.165) is 0 Å². The predicted octanol–water partition coefficient (Wildman–Crippen LogP) is -2.50. The maximum atomic E-state index is 9.10. The molecule has 64 valence electrons. The standard InChI is InChI=1S/C2H2O4.Co.2H2O.V/c3-1(4)2(5)6;;;;/h(H,3,4)(H,5,6);;2*1H2;. The Morgan fingerprint density at radius 1 is 0.900 bits per heavy atom. The van der Waals surface area contributed by atoms with Crippen molar-refractivity contribution in [1.82, 2.24) is 0 Å². The summed E-state index contributed by atoms with van der Waals surface area (Å²) in [6, 6.07) is 0. The molecule has 0 heterocycles. The summed E-state index contributed by atoms with van der Waals surface area (Å²) in [6.45, 7) is 0. The normalized spacial score (nSPS) is 4.40. The van der Waals surface area contributed by atoms with Gasteiger partial charge in [-0.2, -0.15) is 0 Å². The van der Waals surface area contributed by atoms with Crippen molar-refractivity contribution in [3.8, 4) is 0 Å². The van der Waals surface area contributed by atoms with Gasteiger partial charge in [0.05, 0.1) is 0 Å². The van der Waals surface area contributed by atoms with Gasteiger partial charge < -0.3 is 21.2 Å². The van der Waals surface area contributed by atoms with E-state index < -0.39 is 11.9 Å². The molecular weight excluding hydrogens is 230 g/mol. The molecule has 0 rings (SSSR count). The van der Waals surface area contributed by atoms with E-state index in [4.69, 9.17) is 19.8 Å². The van der Waals surface area contributed by atoms with Crippen LogP contribution in [0.5, 0.6) is 0 Å². The third-order valence-corrected chi connectivity index (χ3v) is 0.183. The molecule has 6 N–H and O–H groups in total. The summed E-state index contributed by atoms with van der Waals surface area (Å²) in [4.78, 5) is 18.2. The molecule has 6 nitrogen and oxygen atoms in total. The van der Waals surface area contributed by atoms with E-state index >= 15 is 0 Å². The Balaban J connectivity index is -0.0000000208. The smallest absolute Gasteiger partial charge is 0.414 e. The fourth-order valence-electron chi connectivity index (χ4n) is 0. The van der Waals surface area contributed by atoms with Crippen LogP contribution in [-0.4, -0.2) is 33.1 Å². The van der Waals surface area contributed by atoms with Gasteiger partial charge in [-0.15, -0.1) is 0 Å². The van der Waals surface area contributed by atoms with Gasteiger partial charge in [0.25, 0.3) is 0 Å². The van der Waals surface area contributed by atoms with Gasteiger partial charge >= 0.3 is 11.9 Å². The first-order valence-electron chi connectivity index (χ1n) is 1.11. The van der Waals surface area contributed by atoms with Crippen LogP contribution in [-0.2, 0) is 44.9 Å². The number of carboxylic acids is 2. The molecule has 0 aliphatic heterocycles. The van der Waals surface area contributed by atoms with Gasteiger partial charge in [-0.25, -0.2) is 9.59 Å². The molecule has 0 aliphatic rings. The molecule has 0 bridgehead atoms. The minimum Gasteiger partial charge on any atom is -0.473 e. The molecule has 0 aromatic heterocycles. The Morgan fingerprint density at radius 2 is 1.00 bits per heavy atom. The van der Waals surface area contributed by atoms with E-state index in [-0.39, 0.29) is 46.3 Å². The first-order valence-corrected chi connectivity index (χ1v) is 1.11. The molecule has 0 fully saturated rings. The number of hydrogen-bond donors (Lipinski definition) is 2. The van der Waals surface area contributed by atoms with Gasteiger partial charge in [0.2, 0.25) is 0 Å². The number of hydrogen-bond acceptors (Lipinski definition) is 2. The second-order valence-corrected chi connectivity index (χ2v) is 0.610. The van der Waals surface area contributed by atoms with Crippen LogP contribution in [0.3, 0.4) is 0 Å². The van der Waals surface area contributed by atoms with E-state index in [1.807, 2.05) is 0 Å². The average Bonchev–Trinajstić information content (AvgIpc) is 1.36. The number of carboxylic acid groups (broad SMARTS) is 2. The van der Waals surface area contributed by atoms with E-state index in [0.29, 0.717) is 0 Å². The average molecular weight is 236 g/mol. The van der Waals surface area contributed by atoms with Crippen molar-refractivity contribution in [2.75, 3.05) is 0 Å². The first kappa shape index (κ1) is 32.5. The summed E-state index contributed by atoms with van der Waals surface area (Å²) < 4.78 is 0. The molecular formula is C2H6CoO6V. The van der Waals surface area contributed by atoms with Crippen LogP contribution in [0.2, 0.25) is 0 Å². The first-order chi connectivity index (χ1) is 2.64. The van der Waals surface area contributed by atoms with E-state index in [9.17, 15) is 0 Å². The molecule has 10 heavy (non-hydrogen) atoms. The van der Waals surface area contributed by atoms with Crippen molar-refractivity contribution in [2.24, 2.45) is 0 Å². The second-order valence-electron chi connectivity index (χ2n) is 0.610. The number of rotatable bonds is 0. The largest absolute Gasteiger partial charge is 0.473 e. The van der Waals surface area contributed by atoms with Crippen LogP contribution in [0.1, 0.15) is 0 Å². The minimum absolute atomic E-state index is 0. The zero-order valence-electron chi connectivity index (χ0n) is 4.49. The maximum Gasteiger partial charge on any atom is 0.414 e. The SMILES string of the molecule is O.O.O=C(O)C(=O)O.[Co].[V]. The molecule has 8 heteroatoms. The van der Waals surface area contributed by atoms with Gasteiger partial charge in [0.15, 0.2) is 0 Å². The topological polar surface area (TPSA) is 138 Å². The van der Waals surface area contributed by atoms with Crippen molar-refractivity contribution in [2.45, 2.75) is 0 Å². The van der Waals surface area contributed by atoms with Crippen LogP contribution in [0.4, 0.5) is 0 Å². The Bertz CT molecular complexity index is 81.7. The molecule has 0 spiro atoms. The Labute approximate surface area is 78.3 Å². The molecule has 0 aromatic rings. The minimum atomic E-state index is -1.82. The third-order valence-electron chi connectivity index (χ3n) is 0.183. The summed E-state index contributed by atoms with van der Waals surface area (Å²) in [5.41, 5.74) is 0. The van der Waals surface area contributed by atoms with Crippen molar-refractivity contribution in [3.05, 3.63) is 0 Å². The molecule has 0 aromatic carbocycles. The summed E-state index contributed by atoms with van der Waals surface area (Å²) in [5, 5.41) is 14.8. The molecule has 0 atom stereocenters. The summed E-state index contributed by atoms with van der Waals surface area (Å²) in [6.07, 6.45) is 0. The molecule has 0 unspecified atom stereocenters. The fraction of sp³-hybridized carbons (Fsp3) is 0. The van der Waals surface area contributed by atoms with Crippen LogP contribution in [0.25, 0.3) is 0 Å². The molecule has 0 amide bonds.